The first-order valence-electron chi connectivity index (χ1n) is 5.08. The van der Waals surface area contributed by atoms with E-state index in [-0.39, 0.29) is 0 Å². The largest absolute Gasteiger partial charge is 0.298 e. The fourth-order valence-electron chi connectivity index (χ4n) is 1.12. The molecule has 0 fully saturated rings. The highest BCUT2D eigenvalue weighted by molar-refractivity contribution is 8.78. The first-order chi connectivity index (χ1) is 8.72. The highest BCUT2D eigenvalue weighted by atomic mass is 33.1. The first-order valence-corrected chi connectivity index (χ1v) is 7.23. The molecule has 0 radical (unpaired) electrons. The Morgan fingerprint density at radius 3 is 2.56 bits per heavy atom. The number of hydrogen-bond donors (Lipinski definition) is 0. The normalized spacial score (nSPS) is 10.8. The van der Waals surface area contributed by atoms with Crippen molar-refractivity contribution in [1.82, 2.24) is 0 Å². The smallest absolute Gasteiger partial charge is 0.151 e. The molecule has 0 heterocycles. The van der Waals surface area contributed by atoms with Crippen LogP contribution in [0.5, 0.6) is 0 Å². The van der Waals surface area contributed by atoms with Crippen LogP contribution in [0.15, 0.2) is 64.9 Å². The minimum Gasteiger partial charge on any atom is -0.298 e. The van der Waals surface area contributed by atoms with Crippen molar-refractivity contribution in [3.05, 3.63) is 65.6 Å². The van der Waals surface area contributed by atoms with Gasteiger partial charge in [0.15, 0.2) is 12.6 Å². The second kappa shape index (κ2) is 7.74. The van der Waals surface area contributed by atoms with Crippen molar-refractivity contribution in [2.45, 2.75) is 4.90 Å². The van der Waals surface area contributed by atoms with Crippen molar-refractivity contribution in [3.8, 4) is 0 Å². The van der Waals surface area contributed by atoms with Gasteiger partial charge in [0.2, 0.25) is 0 Å². The number of allylic oxidation sites excluding steroid dienone is 3. The molecule has 0 N–H and O–H groups in total. The van der Waals surface area contributed by atoms with Crippen LogP contribution in [0.1, 0.15) is 10.4 Å². The van der Waals surface area contributed by atoms with Crippen LogP contribution >= 0.6 is 21.6 Å². The zero-order valence-electron chi connectivity index (χ0n) is 9.67. The maximum atomic E-state index is 10.8. The molecular formula is C14H12O2S2. The average molecular weight is 276 g/mol. The van der Waals surface area contributed by atoms with Crippen molar-refractivity contribution >= 4 is 34.2 Å². The molecule has 1 aromatic carbocycles. The molecule has 0 saturated heterocycles. The molecule has 0 atom stereocenters. The summed E-state index contributed by atoms with van der Waals surface area (Å²) in [5.41, 5.74) is 1.12. The maximum absolute atomic E-state index is 10.8. The second-order valence-corrected chi connectivity index (χ2v) is 5.49. The maximum Gasteiger partial charge on any atom is 0.151 e. The van der Waals surface area contributed by atoms with Crippen LogP contribution in [0.2, 0.25) is 0 Å². The number of carbonyl (C=O) groups excluding carboxylic acids is 2. The number of rotatable bonds is 7. The molecule has 0 aliphatic heterocycles. The van der Waals surface area contributed by atoms with Gasteiger partial charge in [0.1, 0.15) is 0 Å². The summed E-state index contributed by atoms with van der Waals surface area (Å²) in [5, 5.41) is 0. The van der Waals surface area contributed by atoms with Crippen LogP contribution in [0.4, 0.5) is 0 Å². The van der Waals surface area contributed by atoms with E-state index in [1.54, 1.807) is 18.2 Å². The Morgan fingerprint density at radius 1 is 1.22 bits per heavy atom. The molecule has 0 amide bonds. The van der Waals surface area contributed by atoms with E-state index in [9.17, 15) is 9.59 Å². The van der Waals surface area contributed by atoms with Crippen LogP contribution in [-0.2, 0) is 4.79 Å². The summed E-state index contributed by atoms with van der Waals surface area (Å²) in [5.74, 6) is 0. The predicted octanol–water partition coefficient (Wildman–Crippen LogP) is 4.06. The number of benzene rings is 1. The molecule has 0 aliphatic rings. The summed E-state index contributed by atoms with van der Waals surface area (Å²) in [7, 11) is 2.75. The van der Waals surface area contributed by atoms with Gasteiger partial charge in [0, 0.05) is 20.9 Å². The summed E-state index contributed by atoms with van der Waals surface area (Å²) in [6.07, 6.45) is 4.70. The van der Waals surface area contributed by atoms with Crippen molar-refractivity contribution in [2.75, 3.05) is 0 Å². The van der Waals surface area contributed by atoms with Gasteiger partial charge in [-0.05, 0) is 6.07 Å². The van der Waals surface area contributed by atoms with Gasteiger partial charge in [0.25, 0.3) is 0 Å². The van der Waals surface area contributed by atoms with Crippen LogP contribution in [-0.4, -0.2) is 12.6 Å². The highest BCUT2D eigenvalue weighted by Gasteiger charge is 2.06. The van der Waals surface area contributed by atoms with E-state index >= 15 is 0 Å². The molecule has 18 heavy (non-hydrogen) atoms. The lowest BCUT2D eigenvalue weighted by atomic mass is 10.2. The Labute approximate surface area is 114 Å². The van der Waals surface area contributed by atoms with Crippen LogP contribution in [0.3, 0.4) is 0 Å². The Kier molecular flexibility index (Phi) is 6.25. The topological polar surface area (TPSA) is 34.1 Å². The molecule has 0 unspecified atom stereocenters. The lowest BCUT2D eigenvalue weighted by Gasteiger charge is -2.05. The molecule has 1 rings (SSSR count). The summed E-state index contributed by atoms with van der Waals surface area (Å²) < 4.78 is 0. The highest BCUT2D eigenvalue weighted by Crippen LogP contribution is 2.39. The predicted molar refractivity (Wildman–Crippen MR) is 78.8 cm³/mol. The molecule has 0 aliphatic carbocycles. The van der Waals surface area contributed by atoms with Gasteiger partial charge in [-0.3, -0.25) is 9.59 Å². The number of carbonyl (C=O) groups is 2. The Hall–Kier alpha value is -1.52. The molecule has 0 bridgehead atoms. The molecule has 0 spiro atoms. The van der Waals surface area contributed by atoms with Crippen molar-refractivity contribution in [3.63, 3.8) is 0 Å². The minimum absolute atomic E-state index is 0.492. The van der Waals surface area contributed by atoms with Crippen molar-refractivity contribution in [2.24, 2.45) is 0 Å². The minimum atomic E-state index is 0.492. The number of hydrogen-bond acceptors (Lipinski definition) is 4. The molecular weight excluding hydrogens is 264 g/mol. The third kappa shape index (κ3) is 4.05. The summed E-state index contributed by atoms with van der Waals surface area (Å²) in [4.78, 5) is 23.1. The van der Waals surface area contributed by atoms with Crippen molar-refractivity contribution < 1.29 is 9.59 Å². The van der Waals surface area contributed by atoms with Crippen LogP contribution < -0.4 is 0 Å². The zero-order valence-corrected chi connectivity index (χ0v) is 11.3. The number of aldehydes is 2. The third-order valence-corrected chi connectivity index (χ3v) is 4.49. The van der Waals surface area contributed by atoms with Gasteiger partial charge in [0.05, 0.1) is 0 Å². The van der Waals surface area contributed by atoms with E-state index in [2.05, 4.69) is 13.2 Å². The van der Waals surface area contributed by atoms with Gasteiger partial charge in [-0.15, -0.1) is 0 Å². The van der Waals surface area contributed by atoms with Crippen LogP contribution in [0.25, 0.3) is 0 Å². The van der Waals surface area contributed by atoms with Gasteiger partial charge in [-0.1, -0.05) is 65.1 Å². The molecule has 0 saturated carbocycles. The third-order valence-electron chi connectivity index (χ3n) is 2.02. The Morgan fingerprint density at radius 2 is 1.94 bits per heavy atom. The van der Waals surface area contributed by atoms with E-state index in [4.69, 9.17) is 0 Å². The van der Waals surface area contributed by atoms with E-state index in [1.165, 1.54) is 21.6 Å². The van der Waals surface area contributed by atoms with Gasteiger partial charge < -0.3 is 0 Å². The molecule has 0 aromatic heterocycles. The monoisotopic (exact) mass is 276 g/mol. The lowest BCUT2D eigenvalue weighted by molar-refractivity contribution is -0.104. The summed E-state index contributed by atoms with van der Waals surface area (Å²) in [6.45, 7) is 7.36. The van der Waals surface area contributed by atoms with Gasteiger partial charge in [-0.25, -0.2) is 0 Å². The summed E-state index contributed by atoms with van der Waals surface area (Å²) in [6, 6.07) is 7.27. The SMILES string of the molecule is C=C/C=C(/C=O)C(=C)SSc1ccccc1C=O. The van der Waals surface area contributed by atoms with Crippen molar-refractivity contribution in [1.29, 1.82) is 0 Å². The lowest BCUT2D eigenvalue weighted by Crippen LogP contribution is -1.85. The van der Waals surface area contributed by atoms with E-state index in [0.717, 1.165) is 17.5 Å². The standard InChI is InChI=1S/C14H12O2S2/c1-3-6-12(9-15)11(2)17-18-14-8-5-4-7-13(14)10-16/h3-10H,1-2H2/b12-6-. The Balaban J connectivity index is 2.73. The average Bonchev–Trinajstić information content (AvgIpc) is 2.42. The van der Waals surface area contributed by atoms with Gasteiger partial charge >= 0.3 is 0 Å². The molecule has 2 nitrogen and oxygen atoms in total. The molecule has 92 valence electrons. The quantitative estimate of drug-likeness (QED) is 0.325. The Bertz CT molecular complexity index is 504. The summed E-state index contributed by atoms with van der Waals surface area (Å²) >= 11 is 0. The molecule has 1 aromatic rings. The zero-order chi connectivity index (χ0) is 13.4. The first kappa shape index (κ1) is 14.5. The van der Waals surface area contributed by atoms with E-state index in [1.807, 2.05) is 18.2 Å². The van der Waals surface area contributed by atoms with E-state index in [0.29, 0.717) is 16.0 Å². The fraction of sp³-hybridized carbons (Fsp3) is 0. The van der Waals surface area contributed by atoms with Gasteiger partial charge in [-0.2, -0.15) is 0 Å². The van der Waals surface area contributed by atoms with Crippen LogP contribution in [0, 0.1) is 0 Å². The fourth-order valence-corrected chi connectivity index (χ4v) is 3.19. The second-order valence-electron chi connectivity index (χ2n) is 3.22. The van der Waals surface area contributed by atoms with E-state index < -0.39 is 0 Å². The molecule has 4 heteroatoms.